The second-order valence-corrected chi connectivity index (χ2v) is 7.78. The van der Waals surface area contributed by atoms with E-state index in [1.54, 1.807) is 33.5 Å². The van der Waals surface area contributed by atoms with Crippen molar-refractivity contribution >= 4 is 17.2 Å². The first-order valence-corrected chi connectivity index (χ1v) is 10.4. The van der Waals surface area contributed by atoms with Gasteiger partial charge in [0.25, 0.3) is 5.91 Å². The molecule has 1 aliphatic rings. The van der Waals surface area contributed by atoms with E-state index in [4.69, 9.17) is 14.2 Å². The molecule has 3 rings (SSSR count). The molecule has 0 aliphatic carbocycles. The maximum Gasteiger partial charge on any atom is 0.251 e. The summed E-state index contributed by atoms with van der Waals surface area (Å²) in [6.07, 6.45) is 2.36. The summed E-state index contributed by atoms with van der Waals surface area (Å²) in [5.74, 6) is 1.97. The van der Waals surface area contributed by atoms with Gasteiger partial charge in [0.1, 0.15) is 0 Å². The zero-order valence-electron chi connectivity index (χ0n) is 16.7. The first kappa shape index (κ1) is 20.5. The Morgan fingerprint density at radius 1 is 1.14 bits per heavy atom. The summed E-state index contributed by atoms with van der Waals surface area (Å²) in [4.78, 5) is 16.5. The summed E-state index contributed by atoms with van der Waals surface area (Å²) >= 11 is 1.85. The number of carbonyl (C=O) groups excluding carboxylic acids is 1. The van der Waals surface area contributed by atoms with Crippen molar-refractivity contribution < 1.29 is 19.0 Å². The molecule has 0 saturated carbocycles. The smallest absolute Gasteiger partial charge is 0.251 e. The largest absolute Gasteiger partial charge is 0.493 e. The molecule has 6 nitrogen and oxygen atoms in total. The number of ether oxygens (including phenoxy) is 3. The number of amides is 1. The van der Waals surface area contributed by atoms with Crippen LogP contribution < -0.4 is 19.5 Å². The molecule has 0 unspecified atom stereocenters. The van der Waals surface area contributed by atoms with Crippen molar-refractivity contribution in [1.29, 1.82) is 0 Å². The van der Waals surface area contributed by atoms with E-state index in [-0.39, 0.29) is 5.91 Å². The molecule has 1 fully saturated rings. The summed E-state index contributed by atoms with van der Waals surface area (Å²) < 4.78 is 15.9. The number of piperidine rings is 1. The first-order chi connectivity index (χ1) is 13.7. The number of nitrogens with zero attached hydrogens (tertiary/aromatic N) is 1. The molecule has 152 valence electrons. The highest BCUT2D eigenvalue weighted by Crippen LogP contribution is 2.38. The van der Waals surface area contributed by atoms with Crippen LogP contribution in [0.25, 0.3) is 0 Å². The van der Waals surface area contributed by atoms with Gasteiger partial charge in [0.2, 0.25) is 5.75 Å². The minimum absolute atomic E-state index is 0.146. The molecule has 2 heterocycles. The molecule has 7 heteroatoms. The highest BCUT2D eigenvalue weighted by atomic mass is 32.1. The van der Waals surface area contributed by atoms with E-state index in [0.717, 1.165) is 19.6 Å². The lowest BCUT2D eigenvalue weighted by molar-refractivity contribution is 0.0945. The van der Waals surface area contributed by atoms with Crippen LogP contribution in [0.15, 0.2) is 29.6 Å². The lowest BCUT2D eigenvalue weighted by Crippen LogP contribution is -2.39. The van der Waals surface area contributed by atoms with Gasteiger partial charge in [-0.3, -0.25) is 4.79 Å². The Bertz CT molecular complexity index is 746. The SMILES string of the molecule is COc1cc(C(=O)NCCN2CCC(c3cccs3)CC2)cc(OC)c1OC. The van der Waals surface area contributed by atoms with Crippen molar-refractivity contribution in [3.8, 4) is 17.2 Å². The van der Waals surface area contributed by atoms with E-state index < -0.39 is 0 Å². The molecule has 0 atom stereocenters. The molecule has 1 aliphatic heterocycles. The van der Waals surface area contributed by atoms with Gasteiger partial charge in [-0.25, -0.2) is 0 Å². The third-order valence-corrected chi connectivity index (χ3v) is 6.21. The number of nitrogens with one attached hydrogen (secondary N) is 1. The zero-order chi connectivity index (χ0) is 19.9. The molecule has 0 radical (unpaired) electrons. The molecule has 1 N–H and O–H groups in total. The Morgan fingerprint density at radius 2 is 1.82 bits per heavy atom. The number of likely N-dealkylation sites (tertiary alicyclic amines) is 1. The lowest BCUT2D eigenvalue weighted by Gasteiger charge is -2.31. The fraction of sp³-hybridized carbons (Fsp3) is 0.476. The summed E-state index contributed by atoms with van der Waals surface area (Å²) in [5.41, 5.74) is 0.492. The van der Waals surface area contributed by atoms with E-state index in [2.05, 4.69) is 27.7 Å². The van der Waals surface area contributed by atoms with Crippen molar-refractivity contribution in [2.24, 2.45) is 0 Å². The van der Waals surface area contributed by atoms with Crippen LogP contribution in [0.2, 0.25) is 0 Å². The van der Waals surface area contributed by atoms with Crippen LogP contribution in [0.1, 0.15) is 34.0 Å². The van der Waals surface area contributed by atoms with Gasteiger partial charge >= 0.3 is 0 Å². The summed E-state index contributed by atoms with van der Waals surface area (Å²) in [6, 6.07) is 7.71. The van der Waals surface area contributed by atoms with Crippen molar-refractivity contribution in [1.82, 2.24) is 10.2 Å². The van der Waals surface area contributed by atoms with Crippen LogP contribution in [0.3, 0.4) is 0 Å². The Morgan fingerprint density at radius 3 is 2.36 bits per heavy atom. The molecule has 1 aromatic carbocycles. The van der Waals surface area contributed by atoms with Gasteiger partial charge in [-0.1, -0.05) is 6.07 Å². The van der Waals surface area contributed by atoms with E-state index in [0.29, 0.717) is 35.3 Å². The summed E-state index contributed by atoms with van der Waals surface area (Å²) in [7, 11) is 4.62. The Hall–Kier alpha value is -2.25. The fourth-order valence-corrected chi connectivity index (χ4v) is 4.51. The molecular formula is C21H28N2O4S. The molecule has 1 aromatic heterocycles. The van der Waals surface area contributed by atoms with Gasteiger partial charge in [0, 0.05) is 23.5 Å². The Kier molecular flexibility index (Phi) is 7.17. The average molecular weight is 405 g/mol. The number of thiophene rings is 1. The molecule has 0 bridgehead atoms. The van der Waals surface area contributed by atoms with Gasteiger partial charge in [-0.2, -0.15) is 0 Å². The second kappa shape index (κ2) is 9.80. The molecule has 28 heavy (non-hydrogen) atoms. The molecule has 1 saturated heterocycles. The number of carbonyl (C=O) groups is 1. The standard InChI is InChI=1S/C21H28N2O4S/c1-25-17-13-16(14-18(26-2)20(17)27-3)21(24)22-8-11-23-9-6-15(7-10-23)19-5-4-12-28-19/h4-5,12-15H,6-11H2,1-3H3,(H,22,24). The van der Waals surface area contributed by atoms with E-state index in [1.807, 2.05) is 11.3 Å². The second-order valence-electron chi connectivity index (χ2n) is 6.80. The van der Waals surface area contributed by atoms with Crippen LogP contribution in [0.4, 0.5) is 0 Å². The van der Waals surface area contributed by atoms with E-state index >= 15 is 0 Å². The van der Waals surface area contributed by atoms with Crippen LogP contribution in [-0.2, 0) is 0 Å². The van der Waals surface area contributed by atoms with Crippen LogP contribution in [0, 0.1) is 0 Å². The Balaban J connectivity index is 1.49. The summed E-state index contributed by atoms with van der Waals surface area (Å²) in [5, 5.41) is 5.15. The number of rotatable bonds is 8. The third-order valence-electron chi connectivity index (χ3n) is 5.17. The minimum atomic E-state index is -0.146. The van der Waals surface area contributed by atoms with Crippen LogP contribution >= 0.6 is 11.3 Å². The van der Waals surface area contributed by atoms with Crippen LogP contribution in [-0.4, -0.2) is 58.3 Å². The molecule has 1 amide bonds. The van der Waals surface area contributed by atoms with Crippen molar-refractivity contribution in [3.63, 3.8) is 0 Å². The van der Waals surface area contributed by atoms with Gasteiger partial charge in [-0.15, -0.1) is 11.3 Å². The zero-order valence-corrected chi connectivity index (χ0v) is 17.5. The normalized spacial score (nSPS) is 15.2. The third kappa shape index (κ3) is 4.77. The average Bonchev–Trinajstić information content (AvgIpc) is 3.27. The van der Waals surface area contributed by atoms with Gasteiger partial charge < -0.3 is 24.4 Å². The monoisotopic (exact) mass is 404 g/mol. The predicted molar refractivity (Wildman–Crippen MR) is 111 cm³/mol. The van der Waals surface area contributed by atoms with Crippen molar-refractivity contribution in [3.05, 3.63) is 40.1 Å². The van der Waals surface area contributed by atoms with Crippen LogP contribution in [0.5, 0.6) is 17.2 Å². The molecular weight excluding hydrogens is 376 g/mol. The number of hydrogen-bond donors (Lipinski definition) is 1. The number of hydrogen-bond acceptors (Lipinski definition) is 6. The quantitative estimate of drug-likeness (QED) is 0.731. The topological polar surface area (TPSA) is 60.0 Å². The highest BCUT2D eigenvalue weighted by Gasteiger charge is 2.21. The maximum atomic E-state index is 12.5. The fourth-order valence-electron chi connectivity index (χ4n) is 3.61. The highest BCUT2D eigenvalue weighted by molar-refractivity contribution is 7.10. The molecule has 2 aromatic rings. The minimum Gasteiger partial charge on any atom is -0.493 e. The maximum absolute atomic E-state index is 12.5. The van der Waals surface area contributed by atoms with Gasteiger partial charge in [0.05, 0.1) is 21.3 Å². The van der Waals surface area contributed by atoms with Gasteiger partial charge in [0.15, 0.2) is 11.5 Å². The van der Waals surface area contributed by atoms with E-state index in [9.17, 15) is 4.79 Å². The summed E-state index contributed by atoms with van der Waals surface area (Å²) in [6.45, 7) is 3.61. The first-order valence-electron chi connectivity index (χ1n) is 9.50. The van der Waals surface area contributed by atoms with Crippen molar-refractivity contribution in [2.45, 2.75) is 18.8 Å². The number of benzene rings is 1. The van der Waals surface area contributed by atoms with E-state index in [1.165, 1.54) is 17.7 Å². The predicted octanol–water partition coefficient (Wildman–Crippen LogP) is 3.38. The van der Waals surface area contributed by atoms with Crippen molar-refractivity contribution in [2.75, 3.05) is 47.5 Å². The van der Waals surface area contributed by atoms with Gasteiger partial charge in [-0.05, 0) is 55.4 Å². The lowest BCUT2D eigenvalue weighted by atomic mass is 9.95. The number of methoxy groups -OCH3 is 3. The molecule has 0 spiro atoms. The Labute approximate surface area is 170 Å².